The molecule has 0 bridgehead atoms. The van der Waals surface area contributed by atoms with E-state index in [0.717, 1.165) is 12.2 Å². The van der Waals surface area contributed by atoms with E-state index >= 15 is 0 Å². The summed E-state index contributed by atoms with van der Waals surface area (Å²) in [6, 6.07) is 7.73. The van der Waals surface area contributed by atoms with Gasteiger partial charge in [-0.05, 0) is 17.7 Å². The molecule has 4 nitrogen and oxygen atoms in total. The molecule has 0 amide bonds. The first kappa shape index (κ1) is 13.7. The van der Waals surface area contributed by atoms with Crippen LogP contribution in [0.3, 0.4) is 0 Å². The summed E-state index contributed by atoms with van der Waals surface area (Å²) in [6.45, 7) is 0.736. The number of hydrogen-bond acceptors (Lipinski definition) is 3. The van der Waals surface area contributed by atoms with Crippen LogP contribution in [0.1, 0.15) is 5.56 Å². The number of benzene rings is 1. The number of nitrogens with two attached hydrogens (primary N) is 1. The van der Waals surface area contributed by atoms with Gasteiger partial charge in [-0.1, -0.05) is 12.1 Å². The molecule has 1 aromatic carbocycles. The van der Waals surface area contributed by atoms with Gasteiger partial charge in [-0.15, -0.1) is 24.8 Å². The van der Waals surface area contributed by atoms with Gasteiger partial charge in [-0.3, -0.25) is 0 Å². The maximum atomic E-state index is 5.57. The van der Waals surface area contributed by atoms with Crippen LogP contribution in [0.4, 0.5) is 5.69 Å². The van der Waals surface area contributed by atoms with Gasteiger partial charge >= 0.3 is 0 Å². The molecular formula is C9H12Cl2N4. The van der Waals surface area contributed by atoms with Crippen molar-refractivity contribution in [3.63, 3.8) is 0 Å². The van der Waals surface area contributed by atoms with Crippen molar-refractivity contribution in [2.45, 2.75) is 6.54 Å². The molecule has 6 heteroatoms. The molecule has 0 aliphatic rings. The van der Waals surface area contributed by atoms with Gasteiger partial charge in [0.1, 0.15) is 12.7 Å². The highest BCUT2D eigenvalue weighted by Gasteiger charge is 1.94. The van der Waals surface area contributed by atoms with E-state index in [9.17, 15) is 0 Å². The molecule has 15 heavy (non-hydrogen) atoms. The Bertz CT molecular complexity index is 372. The molecule has 0 spiro atoms. The zero-order chi connectivity index (χ0) is 9.10. The summed E-state index contributed by atoms with van der Waals surface area (Å²) >= 11 is 0. The van der Waals surface area contributed by atoms with Crippen molar-refractivity contribution < 1.29 is 0 Å². The summed E-state index contributed by atoms with van der Waals surface area (Å²) < 4.78 is 1.77. The molecule has 82 valence electrons. The number of nitrogens with zero attached hydrogens (tertiary/aromatic N) is 3. The molecule has 0 atom stereocenters. The van der Waals surface area contributed by atoms with Gasteiger partial charge < -0.3 is 5.73 Å². The number of anilines is 1. The Morgan fingerprint density at radius 3 is 2.33 bits per heavy atom. The van der Waals surface area contributed by atoms with E-state index in [4.69, 9.17) is 5.73 Å². The van der Waals surface area contributed by atoms with E-state index in [2.05, 4.69) is 10.1 Å². The average molecular weight is 247 g/mol. The third-order valence-electron chi connectivity index (χ3n) is 1.79. The van der Waals surface area contributed by atoms with E-state index in [1.165, 1.54) is 11.9 Å². The lowest BCUT2D eigenvalue weighted by Gasteiger charge is -2.00. The van der Waals surface area contributed by atoms with Crippen LogP contribution in [0.2, 0.25) is 0 Å². The van der Waals surface area contributed by atoms with Crippen LogP contribution in [0, 0.1) is 0 Å². The second-order valence-electron chi connectivity index (χ2n) is 2.83. The van der Waals surface area contributed by atoms with Crippen LogP contribution < -0.4 is 5.73 Å². The molecule has 2 rings (SSSR count). The van der Waals surface area contributed by atoms with E-state index in [0.29, 0.717) is 0 Å². The first-order valence-corrected chi connectivity index (χ1v) is 4.01. The van der Waals surface area contributed by atoms with Gasteiger partial charge in [-0.2, -0.15) is 5.10 Å². The molecule has 1 heterocycles. The molecule has 0 saturated carbocycles. The Hall–Kier alpha value is -1.26. The first-order chi connectivity index (χ1) is 6.34. The zero-order valence-corrected chi connectivity index (χ0v) is 9.54. The van der Waals surface area contributed by atoms with E-state index in [1.54, 1.807) is 11.0 Å². The molecule has 0 unspecified atom stereocenters. The fourth-order valence-corrected chi connectivity index (χ4v) is 1.12. The van der Waals surface area contributed by atoms with Gasteiger partial charge in [0, 0.05) is 5.69 Å². The number of rotatable bonds is 2. The van der Waals surface area contributed by atoms with E-state index in [1.807, 2.05) is 24.3 Å². The number of nitrogen functional groups attached to an aromatic ring is 1. The minimum absolute atomic E-state index is 0. The summed E-state index contributed by atoms with van der Waals surface area (Å²) in [5.41, 5.74) is 7.51. The second kappa shape index (κ2) is 6.27. The van der Waals surface area contributed by atoms with Gasteiger partial charge in [0.05, 0.1) is 6.54 Å². The Labute approximate surface area is 100 Å². The normalized spacial score (nSPS) is 8.80. The van der Waals surface area contributed by atoms with Crippen LogP contribution in [-0.4, -0.2) is 14.8 Å². The zero-order valence-electron chi connectivity index (χ0n) is 7.91. The maximum absolute atomic E-state index is 5.57. The van der Waals surface area contributed by atoms with Crippen molar-refractivity contribution in [1.82, 2.24) is 14.8 Å². The van der Waals surface area contributed by atoms with Crippen molar-refractivity contribution in [3.05, 3.63) is 42.5 Å². The molecule has 1 aromatic heterocycles. The highest BCUT2D eigenvalue weighted by Crippen LogP contribution is 2.06. The average Bonchev–Trinajstić information content (AvgIpc) is 2.62. The highest BCUT2D eigenvalue weighted by molar-refractivity contribution is 5.85. The van der Waals surface area contributed by atoms with Crippen LogP contribution in [-0.2, 0) is 6.54 Å². The Kier molecular flexibility index (Phi) is 5.74. The van der Waals surface area contributed by atoms with Crippen LogP contribution in [0.25, 0.3) is 0 Å². The monoisotopic (exact) mass is 246 g/mol. The van der Waals surface area contributed by atoms with Gasteiger partial charge in [-0.25, -0.2) is 9.67 Å². The molecule has 0 radical (unpaired) electrons. The third kappa shape index (κ3) is 3.77. The van der Waals surface area contributed by atoms with Gasteiger partial charge in [0.25, 0.3) is 0 Å². The lowest BCUT2D eigenvalue weighted by molar-refractivity contribution is 0.685. The Morgan fingerprint density at radius 1 is 1.13 bits per heavy atom. The predicted molar refractivity (Wildman–Crippen MR) is 64.5 cm³/mol. The van der Waals surface area contributed by atoms with Crippen LogP contribution >= 0.6 is 24.8 Å². The van der Waals surface area contributed by atoms with Crippen molar-refractivity contribution in [2.75, 3.05) is 5.73 Å². The lowest BCUT2D eigenvalue weighted by Crippen LogP contribution is -1.99. The standard InChI is InChI=1S/C9H10N4.2ClH/c10-9-3-1-8(2-4-9)5-13-7-11-6-12-13;;/h1-4,6-7H,5,10H2;2*1H. The summed E-state index contributed by atoms with van der Waals surface area (Å²) in [6.07, 6.45) is 3.22. The SMILES string of the molecule is Cl.Cl.Nc1ccc(Cn2cncn2)cc1. The Balaban J connectivity index is 0.000000980. The number of hydrogen-bond donors (Lipinski definition) is 1. The summed E-state index contributed by atoms with van der Waals surface area (Å²) in [5.74, 6) is 0. The van der Waals surface area contributed by atoms with Gasteiger partial charge in [0.2, 0.25) is 0 Å². The van der Waals surface area contributed by atoms with E-state index < -0.39 is 0 Å². The number of halogens is 2. The molecule has 0 aliphatic heterocycles. The second-order valence-corrected chi connectivity index (χ2v) is 2.83. The van der Waals surface area contributed by atoms with Crippen molar-refractivity contribution in [1.29, 1.82) is 0 Å². The smallest absolute Gasteiger partial charge is 0.137 e. The van der Waals surface area contributed by atoms with Crippen LogP contribution in [0.5, 0.6) is 0 Å². The first-order valence-electron chi connectivity index (χ1n) is 4.01. The fraction of sp³-hybridized carbons (Fsp3) is 0.111. The highest BCUT2D eigenvalue weighted by atomic mass is 35.5. The minimum Gasteiger partial charge on any atom is -0.399 e. The van der Waals surface area contributed by atoms with Crippen molar-refractivity contribution in [2.24, 2.45) is 0 Å². The third-order valence-corrected chi connectivity index (χ3v) is 1.79. The van der Waals surface area contributed by atoms with Crippen LogP contribution in [0.15, 0.2) is 36.9 Å². The van der Waals surface area contributed by atoms with Crippen molar-refractivity contribution >= 4 is 30.5 Å². The van der Waals surface area contributed by atoms with Crippen molar-refractivity contribution in [3.8, 4) is 0 Å². The quantitative estimate of drug-likeness (QED) is 0.822. The Morgan fingerprint density at radius 2 is 1.80 bits per heavy atom. The maximum Gasteiger partial charge on any atom is 0.137 e. The number of aromatic nitrogens is 3. The summed E-state index contributed by atoms with van der Waals surface area (Å²) in [4.78, 5) is 3.86. The summed E-state index contributed by atoms with van der Waals surface area (Å²) in [5, 5.41) is 4.01. The summed E-state index contributed by atoms with van der Waals surface area (Å²) in [7, 11) is 0. The van der Waals surface area contributed by atoms with Gasteiger partial charge in [0.15, 0.2) is 0 Å². The molecule has 0 aliphatic carbocycles. The molecule has 0 saturated heterocycles. The lowest BCUT2D eigenvalue weighted by atomic mass is 10.2. The molecule has 2 aromatic rings. The molecule has 2 N–H and O–H groups in total. The largest absolute Gasteiger partial charge is 0.399 e. The molecular weight excluding hydrogens is 235 g/mol. The minimum atomic E-state index is 0. The van der Waals surface area contributed by atoms with E-state index in [-0.39, 0.29) is 24.8 Å². The topological polar surface area (TPSA) is 56.7 Å². The fourth-order valence-electron chi connectivity index (χ4n) is 1.12. The molecule has 0 fully saturated rings. The predicted octanol–water partition coefficient (Wildman–Crippen LogP) is 1.75.